The molecule has 0 N–H and O–H groups in total. The van der Waals surface area contributed by atoms with Crippen molar-refractivity contribution in [3.05, 3.63) is 44.2 Å². The molecule has 78 valence electrons. The van der Waals surface area contributed by atoms with Crippen molar-refractivity contribution in [3.63, 3.8) is 0 Å². The quantitative estimate of drug-likeness (QED) is 0.741. The minimum atomic E-state index is -0.678. The zero-order chi connectivity index (χ0) is 11.0. The number of nitrogens with zero attached hydrogens (tertiary/aromatic N) is 1. The number of hydrogen-bond donors (Lipinski definition) is 0. The topological polar surface area (TPSA) is 52.2 Å². The molecule has 2 rings (SSSR count). The minimum absolute atomic E-state index is 0.323. The van der Waals surface area contributed by atoms with Gasteiger partial charge in [-0.2, -0.15) is 0 Å². The summed E-state index contributed by atoms with van der Waals surface area (Å²) < 4.78 is 5.89. The summed E-state index contributed by atoms with van der Waals surface area (Å²) in [5.41, 5.74) is -0.217. The normalized spacial score (nSPS) is 10.8. The van der Waals surface area contributed by atoms with Gasteiger partial charge in [0.05, 0.1) is 15.9 Å². The predicted octanol–water partition coefficient (Wildman–Crippen LogP) is 1.63. The van der Waals surface area contributed by atoms with E-state index in [1.807, 2.05) is 0 Å². The van der Waals surface area contributed by atoms with Crippen molar-refractivity contribution in [2.45, 2.75) is 13.5 Å². The van der Waals surface area contributed by atoms with Crippen molar-refractivity contribution in [3.8, 4) is 0 Å². The molecular weight excluding hydrogens is 218 g/mol. The van der Waals surface area contributed by atoms with Crippen LogP contribution in [0.3, 0.4) is 0 Å². The van der Waals surface area contributed by atoms with Crippen LogP contribution in [-0.4, -0.2) is 4.57 Å². The van der Waals surface area contributed by atoms with Gasteiger partial charge in [0.15, 0.2) is 0 Å². The summed E-state index contributed by atoms with van der Waals surface area (Å²) >= 11 is 5.94. The zero-order valence-corrected chi connectivity index (χ0v) is 8.75. The van der Waals surface area contributed by atoms with Crippen molar-refractivity contribution in [2.24, 2.45) is 0 Å². The Hall–Kier alpha value is -1.55. The zero-order valence-electron chi connectivity index (χ0n) is 7.99. The van der Waals surface area contributed by atoms with Gasteiger partial charge < -0.3 is 4.42 Å². The monoisotopic (exact) mass is 225 g/mol. The first-order valence-electron chi connectivity index (χ1n) is 4.47. The standard InChI is InChI=1S/C10H8ClNO3/c1-2-12-8-6(4-3-5-7(8)11)9(13)15-10(12)14/h3-5H,2H2,1H3. The Balaban J connectivity index is 3.12. The highest BCUT2D eigenvalue weighted by molar-refractivity contribution is 6.35. The molecule has 0 amide bonds. The van der Waals surface area contributed by atoms with Crippen molar-refractivity contribution in [2.75, 3.05) is 0 Å². The van der Waals surface area contributed by atoms with Crippen LogP contribution in [0.15, 0.2) is 32.2 Å². The molecule has 0 aliphatic carbocycles. The van der Waals surface area contributed by atoms with Crippen LogP contribution in [0.5, 0.6) is 0 Å². The Bertz CT molecular complexity index is 627. The molecule has 0 fully saturated rings. The van der Waals surface area contributed by atoms with Gasteiger partial charge >= 0.3 is 11.4 Å². The van der Waals surface area contributed by atoms with Crippen LogP contribution in [0.25, 0.3) is 10.9 Å². The molecule has 15 heavy (non-hydrogen) atoms. The summed E-state index contributed by atoms with van der Waals surface area (Å²) in [4.78, 5) is 22.8. The van der Waals surface area contributed by atoms with Crippen molar-refractivity contribution < 1.29 is 4.42 Å². The fourth-order valence-corrected chi connectivity index (χ4v) is 1.80. The molecule has 0 aliphatic heterocycles. The number of aryl methyl sites for hydroxylation is 1. The lowest BCUT2D eigenvalue weighted by Crippen LogP contribution is -2.24. The highest BCUT2D eigenvalue weighted by Gasteiger charge is 2.10. The molecule has 0 radical (unpaired) electrons. The van der Waals surface area contributed by atoms with E-state index in [1.54, 1.807) is 25.1 Å². The molecule has 2 aromatic rings. The van der Waals surface area contributed by atoms with Gasteiger partial charge in [0.25, 0.3) is 0 Å². The largest absolute Gasteiger partial charge is 0.422 e. The third kappa shape index (κ3) is 1.47. The minimum Gasteiger partial charge on any atom is -0.372 e. The fraction of sp³-hybridized carbons (Fsp3) is 0.200. The van der Waals surface area contributed by atoms with Gasteiger partial charge in [-0.1, -0.05) is 17.7 Å². The van der Waals surface area contributed by atoms with E-state index in [0.29, 0.717) is 22.5 Å². The average Bonchev–Trinajstić information content (AvgIpc) is 2.20. The molecule has 0 bridgehead atoms. The van der Waals surface area contributed by atoms with Crippen LogP contribution in [0.1, 0.15) is 6.92 Å². The maximum atomic E-state index is 11.4. The predicted molar refractivity (Wildman–Crippen MR) is 57.4 cm³/mol. The van der Waals surface area contributed by atoms with Crippen molar-refractivity contribution in [1.82, 2.24) is 4.57 Å². The number of halogens is 1. The fourth-order valence-electron chi connectivity index (χ4n) is 1.52. The summed E-state index contributed by atoms with van der Waals surface area (Å²) in [7, 11) is 0. The number of benzene rings is 1. The Morgan fingerprint density at radius 3 is 2.80 bits per heavy atom. The first-order valence-corrected chi connectivity index (χ1v) is 4.85. The number of fused-ring (bicyclic) bond motifs is 1. The third-order valence-electron chi connectivity index (χ3n) is 2.19. The summed E-state index contributed by atoms with van der Waals surface area (Å²) in [6, 6.07) is 4.86. The van der Waals surface area contributed by atoms with Gasteiger partial charge in [-0.25, -0.2) is 9.59 Å². The first-order chi connectivity index (χ1) is 7.15. The lowest BCUT2D eigenvalue weighted by molar-refractivity contribution is 0.421. The molecule has 1 aromatic carbocycles. The molecule has 1 heterocycles. The Morgan fingerprint density at radius 2 is 2.13 bits per heavy atom. The molecule has 5 heteroatoms. The average molecular weight is 226 g/mol. The van der Waals surface area contributed by atoms with Gasteiger partial charge in [-0.15, -0.1) is 0 Å². The lowest BCUT2D eigenvalue weighted by Gasteiger charge is -2.06. The summed E-state index contributed by atoms with van der Waals surface area (Å²) in [6.45, 7) is 2.19. The highest BCUT2D eigenvalue weighted by Crippen LogP contribution is 2.19. The SMILES string of the molecule is CCn1c(=O)oc(=O)c2cccc(Cl)c21. The maximum absolute atomic E-state index is 11.4. The van der Waals surface area contributed by atoms with Crippen LogP contribution in [0.2, 0.25) is 5.02 Å². The van der Waals surface area contributed by atoms with E-state index in [0.717, 1.165) is 0 Å². The van der Waals surface area contributed by atoms with Crippen LogP contribution in [-0.2, 0) is 6.54 Å². The number of rotatable bonds is 1. The Labute approximate surface area is 89.7 Å². The van der Waals surface area contributed by atoms with Gasteiger partial charge in [0.1, 0.15) is 0 Å². The summed E-state index contributed by atoms with van der Waals surface area (Å²) in [5.74, 6) is -0.678. The summed E-state index contributed by atoms with van der Waals surface area (Å²) in [6.07, 6.45) is 0. The van der Waals surface area contributed by atoms with Crippen LogP contribution in [0.4, 0.5) is 0 Å². The Kier molecular flexibility index (Phi) is 2.36. The maximum Gasteiger partial charge on any atom is 0.422 e. The molecule has 0 spiro atoms. The van der Waals surface area contributed by atoms with Crippen molar-refractivity contribution >= 4 is 22.5 Å². The highest BCUT2D eigenvalue weighted by atomic mass is 35.5. The van der Waals surface area contributed by atoms with E-state index in [2.05, 4.69) is 4.42 Å². The molecule has 0 saturated carbocycles. The molecule has 1 aromatic heterocycles. The third-order valence-corrected chi connectivity index (χ3v) is 2.50. The second-order valence-electron chi connectivity index (χ2n) is 3.04. The molecular formula is C10H8ClNO3. The first kappa shape index (κ1) is 9.98. The molecule has 4 nitrogen and oxygen atoms in total. The van der Waals surface area contributed by atoms with E-state index >= 15 is 0 Å². The molecule has 0 atom stereocenters. The summed E-state index contributed by atoms with van der Waals surface area (Å²) in [5, 5.41) is 0.698. The van der Waals surface area contributed by atoms with Crippen LogP contribution in [0, 0.1) is 0 Å². The van der Waals surface area contributed by atoms with E-state index in [9.17, 15) is 9.59 Å². The van der Waals surface area contributed by atoms with Gasteiger partial charge in [-0.3, -0.25) is 4.57 Å². The second-order valence-corrected chi connectivity index (χ2v) is 3.44. The Morgan fingerprint density at radius 1 is 1.40 bits per heavy atom. The molecule has 0 saturated heterocycles. The van der Waals surface area contributed by atoms with E-state index in [1.165, 1.54) is 4.57 Å². The van der Waals surface area contributed by atoms with Gasteiger partial charge in [-0.05, 0) is 19.1 Å². The second kappa shape index (κ2) is 3.55. The lowest BCUT2D eigenvalue weighted by atomic mass is 10.2. The number of aromatic nitrogens is 1. The van der Waals surface area contributed by atoms with Crippen LogP contribution >= 0.6 is 11.6 Å². The molecule has 0 unspecified atom stereocenters. The van der Waals surface area contributed by atoms with Gasteiger partial charge in [0.2, 0.25) is 0 Å². The van der Waals surface area contributed by atoms with E-state index < -0.39 is 11.4 Å². The number of para-hydroxylation sites is 1. The van der Waals surface area contributed by atoms with E-state index in [4.69, 9.17) is 11.6 Å². The molecule has 0 aliphatic rings. The van der Waals surface area contributed by atoms with Gasteiger partial charge in [0, 0.05) is 6.54 Å². The van der Waals surface area contributed by atoms with E-state index in [-0.39, 0.29) is 0 Å². The van der Waals surface area contributed by atoms with Crippen molar-refractivity contribution in [1.29, 1.82) is 0 Å². The number of hydrogen-bond acceptors (Lipinski definition) is 3. The van der Waals surface area contributed by atoms with Crippen LogP contribution < -0.4 is 11.4 Å². The smallest absolute Gasteiger partial charge is 0.372 e.